The van der Waals surface area contributed by atoms with Gasteiger partial charge in [0.2, 0.25) is 0 Å². The van der Waals surface area contributed by atoms with Crippen LogP contribution in [0, 0.1) is 0 Å². The minimum Gasteiger partial charge on any atom is -0.369 e. The van der Waals surface area contributed by atoms with Gasteiger partial charge in [0.25, 0.3) is 0 Å². The van der Waals surface area contributed by atoms with E-state index in [1.165, 1.54) is 25.9 Å². The third-order valence-electron chi connectivity index (χ3n) is 5.61. The first-order valence-corrected chi connectivity index (χ1v) is 10.7. The largest absolute Gasteiger partial charge is 0.369 e. The second-order valence-electron chi connectivity index (χ2n) is 7.60. The van der Waals surface area contributed by atoms with Crippen molar-refractivity contribution in [1.82, 2.24) is 19.9 Å². The lowest BCUT2D eigenvalue weighted by Gasteiger charge is -2.15. The van der Waals surface area contributed by atoms with Gasteiger partial charge in [-0.25, -0.2) is 9.97 Å². The molecule has 0 bridgehead atoms. The number of rotatable bonds is 6. The summed E-state index contributed by atoms with van der Waals surface area (Å²) in [6.07, 6.45) is 3.76. The zero-order valence-electron chi connectivity index (χ0n) is 16.3. The first-order valence-electron chi connectivity index (χ1n) is 10.3. The lowest BCUT2D eigenvalue weighted by atomic mass is 10.2. The Kier molecular flexibility index (Phi) is 5.08. The molecule has 0 amide bonds. The SMILES string of the molecule is Clc1c(-c2nc(NCCCN3CCCC3)c3ccccc3n2)[nH]c2ccccc12. The maximum atomic E-state index is 6.66. The van der Waals surface area contributed by atoms with Crippen LogP contribution in [0.4, 0.5) is 5.82 Å². The van der Waals surface area contributed by atoms with Crippen LogP contribution in [-0.4, -0.2) is 46.0 Å². The van der Waals surface area contributed by atoms with Gasteiger partial charge in [0.05, 0.1) is 10.5 Å². The van der Waals surface area contributed by atoms with Gasteiger partial charge >= 0.3 is 0 Å². The smallest absolute Gasteiger partial charge is 0.180 e. The van der Waals surface area contributed by atoms with Gasteiger partial charge in [-0.1, -0.05) is 41.9 Å². The minimum atomic E-state index is 0.618. The molecule has 0 saturated carbocycles. The predicted octanol–water partition coefficient (Wildman–Crippen LogP) is 5.33. The number of hydrogen-bond donors (Lipinski definition) is 2. The molecule has 2 N–H and O–H groups in total. The zero-order chi connectivity index (χ0) is 19.6. The molecule has 148 valence electrons. The summed E-state index contributed by atoms with van der Waals surface area (Å²) in [4.78, 5) is 15.5. The molecule has 6 heteroatoms. The molecule has 1 saturated heterocycles. The van der Waals surface area contributed by atoms with Crippen LogP contribution in [0.2, 0.25) is 5.02 Å². The fourth-order valence-corrected chi connectivity index (χ4v) is 4.40. The monoisotopic (exact) mass is 405 g/mol. The number of hydrogen-bond acceptors (Lipinski definition) is 4. The number of likely N-dealkylation sites (tertiary alicyclic amines) is 1. The van der Waals surface area contributed by atoms with Crippen molar-refractivity contribution in [3.05, 3.63) is 53.6 Å². The Hall–Kier alpha value is -2.63. The molecule has 2 aromatic heterocycles. The van der Waals surface area contributed by atoms with Gasteiger partial charge in [0, 0.05) is 22.8 Å². The summed E-state index contributed by atoms with van der Waals surface area (Å²) in [6, 6.07) is 16.1. The van der Waals surface area contributed by atoms with Crippen LogP contribution in [0.1, 0.15) is 19.3 Å². The van der Waals surface area contributed by atoms with Gasteiger partial charge in [0.15, 0.2) is 5.82 Å². The maximum Gasteiger partial charge on any atom is 0.180 e. The summed E-state index contributed by atoms with van der Waals surface area (Å²) in [5, 5.41) is 6.22. The highest BCUT2D eigenvalue weighted by Crippen LogP contribution is 2.34. The first-order chi connectivity index (χ1) is 14.3. The predicted molar refractivity (Wildman–Crippen MR) is 121 cm³/mol. The van der Waals surface area contributed by atoms with E-state index in [4.69, 9.17) is 21.6 Å². The van der Waals surface area contributed by atoms with Crippen LogP contribution in [-0.2, 0) is 0 Å². The fourth-order valence-electron chi connectivity index (χ4n) is 4.10. The molecule has 1 fully saturated rings. The van der Waals surface area contributed by atoms with E-state index in [1.807, 2.05) is 42.5 Å². The number of para-hydroxylation sites is 2. The Morgan fingerprint density at radius 3 is 2.55 bits per heavy atom. The van der Waals surface area contributed by atoms with Crippen molar-refractivity contribution in [2.24, 2.45) is 0 Å². The molecule has 1 aliphatic rings. The maximum absolute atomic E-state index is 6.66. The molecule has 29 heavy (non-hydrogen) atoms. The molecule has 5 nitrogen and oxygen atoms in total. The number of benzene rings is 2. The fraction of sp³-hybridized carbons (Fsp3) is 0.304. The van der Waals surface area contributed by atoms with Gasteiger partial charge in [-0.05, 0) is 57.1 Å². The molecule has 3 heterocycles. The first kappa shape index (κ1) is 18.4. The molecule has 1 aliphatic heterocycles. The average Bonchev–Trinajstić information content (AvgIpc) is 3.39. The van der Waals surface area contributed by atoms with Gasteiger partial charge in [-0.15, -0.1) is 0 Å². The molecule has 2 aromatic carbocycles. The van der Waals surface area contributed by atoms with Crippen molar-refractivity contribution in [1.29, 1.82) is 0 Å². The standard InChI is InChI=1S/C23H24ClN5/c24-20-16-8-1-3-10-18(16)26-21(20)23-27-19-11-4-2-9-17(19)22(28-23)25-12-7-15-29-13-5-6-14-29/h1-4,8-11,26H,5-7,12-15H2,(H,25,27,28). The van der Waals surface area contributed by atoms with E-state index in [0.29, 0.717) is 10.8 Å². The molecular weight excluding hydrogens is 382 g/mol. The number of anilines is 1. The second-order valence-corrected chi connectivity index (χ2v) is 7.98. The van der Waals surface area contributed by atoms with Gasteiger partial charge in [-0.3, -0.25) is 0 Å². The summed E-state index contributed by atoms with van der Waals surface area (Å²) in [7, 11) is 0. The second kappa shape index (κ2) is 8.01. The Bertz CT molecular complexity index is 1150. The lowest BCUT2D eigenvalue weighted by Crippen LogP contribution is -2.22. The molecule has 0 unspecified atom stereocenters. The molecule has 0 atom stereocenters. The van der Waals surface area contributed by atoms with E-state index in [1.54, 1.807) is 0 Å². The van der Waals surface area contributed by atoms with E-state index >= 15 is 0 Å². The molecule has 0 radical (unpaired) electrons. The molecule has 5 rings (SSSR count). The Morgan fingerprint density at radius 1 is 0.966 bits per heavy atom. The van der Waals surface area contributed by atoms with Gasteiger partial charge in [-0.2, -0.15) is 0 Å². The van der Waals surface area contributed by atoms with E-state index in [-0.39, 0.29) is 0 Å². The van der Waals surface area contributed by atoms with Crippen LogP contribution in [0.5, 0.6) is 0 Å². The molecule has 4 aromatic rings. The van der Waals surface area contributed by atoms with E-state index in [0.717, 1.165) is 52.8 Å². The van der Waals surface area contributed by atoms with E-state index in [2.05, 4.69) is 21.3 Å². The van der Waals surface area contributed by atoms with Crippen LogP contribution in [0.25, 0.3) is 33.3 Å². The summed E-state index contributed by atoms with van der Waals surface area (Å²) < 4.78 is 0. The van der Waals surface area contributed by atoms with Crippen molar-refractivity contribution in [3.63, 3.8) is 0 Å². The number of nitrogens with one attached hydrogen (secondary N) is 2. The minimum absolute atomic E-state index is 0.618. The van der Waals surface area contributed by atoms with Crippen molar-refractivity contribution < 1.29 is 0 Å². The van der Waals surface area contributed by atoms with Crippen LogP contribution in [0.15, 0.2) is 48.5 Å². The number of H-pyrrole nitrogens is 1. The molecule has 0 spiro atoms. The van der Waals surface area contributed by atoms with Crippen molar-refractivity contribution in [2.45, 2.75) is 19.3 Å². The number of aromatic amines is 1. The number of nitrogens with zero attached hydrogens (tertiary/aromatic N) is 3. The van der Waals surface area contributed by atoms with Crippen molar-refractivity contribution in [2.75, 3.05) is 31.5 Å². The summed E-state index contributed by atoms with van der Waals surface area (Å²) in [5.41, 5.74) is 2.66. The normalized spacial score (nSPS) is 14.8. The summed E-state index contributed by atoms with van der Waals surface area (Å²) >= 11 is 6.66. The van der Waals surface area contributed by atoms with Crippen molar-refractivity contribution >= 4 is 39.2 Å². The molecular formula is C23H24ClN5. The third kappa shape index (κ3) is 3.68. The highest BCUT2D eigenvalue weighted by Gasteiger charge is 2.16. The quantitative estimate of drug-likeness (QED) is 0.426. The highest BCUT2D eigenvalue weighted by atomic mass is 35.5. The highest BCUT2D eigenvalue weighted by molar-refractivity contribution is 6.38. The van der Waals surface area contributed by atoms with Gasteiger partial charge in [0.1, 0.15) is 11.5 Å². The Labute approximate surface area is 175 Å². The van der Waals surface area contributed by atoms with E-state index in [9.17, 15) is 0 Å². The number of aromatic nitrogens is 3. The lowest BCUT2D eigenvalue weighted by molar-refractivity contribution is 0.337. The van der Waals surface area contributed by atoms with Crippen LogP contribution < -0.4 is 5.32 Å². The Balaban J connectivity index is 1.45. The topological polar surface area (TPSA) is 56.8 Å². The Morgan fingerprint density at radius 2 is 1.72 bits per heavy atom. The summed E-state index contributed by atoms with van der Waals surface area (Å²) in [6.45, 7) is 4.49. The van der Waals surface area contributed by atoms with Crippen LogP contribution in [0.3, 0.4) is 0 Å². The number of fused-ring (bicyclic) bond motifs is 2. The zero-order valence-corrected chi connectivity index (χ0v) is 17.0. The van der Waals surface area contributed by atoms with Crippen LogP contribution >= 0.6 is 11.6 Å². The average molecular weight is 406 g/mol. The third-order valence-corrected chi connectivity index (χ3v) is 6.00. The molecule has 0 aliphatic carbocycles. The number of halogens is 1. The summed E-state index contributed by atoms with van der Waals surface area (Å²) in [5.74, 6) is 1.48. The van der Waals surface area contributed by atoms with Crippen molar-refractivity contribution in [3.8, 4) is 11.5 Å². The van der Waals surface area contributed by atoms with E-state index < -0.39 is 0 Å². The van der Waals surface area contributed by atoms with Gasteiger partial charge < -0.3 is 15.2 Å².